The molecule has 21 heavy (non-hydrogen) atoms. The van der Waals surface area contributed by atoms with Crippen molar-refractivity contribution in [1.82, 2.24) is 0 Å². The van der Waals surface area contributed by atoms with Crippen LogP contribution in [0.15, 0.2) is 48.6 Å². The zero-order valence-electron chi connectivity index (χ0n) is 12.5. The van der Waals surface area contributed by atoms with Crippen molar-refractivity contribution in [2.24, 2.45) is 0 Å². The van der Waals surface area contributed by atoms with Gasteiger partial charge in [0.1, 0.15) is 11.9 Å². The smallest absolute Gasteiger partial charge is 0.181 e. The van der Waals surface area contributed by atoms with Crippen molar-refractivity contribution in [3.05, 3.63) is 54.1 Å². The molecule has 4 heteroatoms. The second-order valence-corrected chi connectivity index (χ2v) is 4.65. The summed E-state index contributed by atoms with van der Waals surface area (Å²) in [5, 5.41) is 0. The second kappa shape index (κ2) is 8.62. The Morgan fingerprint density at radius 2 is 1.95 bits per heavy atom. The third kappa shape index (κ3) is 5.01. The van der Waals surface area contributed by atoms with E-state index in [2.05, 4.69) is 0 Å². The van der Waals surface area contributed by atoms with Gasteiger partial charge in [-0.05, 0) is 24.6 Å². The van der Waals surface area contributed by atoms with Crippen molar-refractivity contribution in [3.8, 4) is 5.75 Å². The molecule has 1 heterocycles. The van der Waals surface area contributed by atoms with E-state index in [-0.39, 0.29) is 12.4 Å². The molecule has 0 bridgehead atoms. The molecule has 4 nitrogen and oxygen atoms in total. The minimum Gasteiger partial charge on any atom is -0.497 e. The minimum atomic E-state index is -0.297. The van der Waals surface area contributed by atoms with Gasteiger partial charge in [-0.25, -0.2) is 0 Å². The van der Waals surface area contributed by atoms with Crippen LogP contribution in [0.25, 0.3) is 0 Å². The minimum absolute atomic E-state index is 0.0469. The van der Waals surface area contributed by atoms with Gasteiger partial charge in [0.15, 0.2) is 6.29 Å². The molecule has 1 saturated heterocycles. The third-order valence-electron chi connectivity index (χ3n) is 3.17. The van der Waals surface area contributed by atoms with Crippen molar-refractivity contribution in [2.45, 2.75) is 19.3 Å². The molecule has 0 aliphatic carbocycles. The number of allylic oxidation sites excluding steroid dienone is 3. The van der Waals surface area contributed by atoms with Gasteiger partial charge >= 0.3 is 0 Å². The quantitative estimate of drug-likeness (QED) is 0.754. The first-order valence-electron chi connectivity index (χ1n) is 7.10. The Hall–Kier alpha value is -1.62. The van der Waals surface area contributed by atoms with E-state index in [1.807, 2.05) is 55.5 Å². The van der Waals surface area contributed by atoms with Gasteiger partial charge in [-0.15, -0.1) is 0 Å². The fraction of sp³-hybridized carbons (Fsp3) is 0.412. The highest BCUT2D eigenvalue weighted by Gasteiger charge is 2.23. The van der Waals surface area contributed by atoms with Crippen LogP contribution in [0.2, 0.25) is 0 Å². The second-order valence-electron chi connectivity index (χ2n) is 4.65. The lowest BCUT2D eigenvalue weighted by molar-refractivity contribution is -0.232. The lowest BCUT2D eigenvalue weighted by Gasteiger charge is -2.29. The maximum Gasteiger partial charge on any atom is 0.181 e. The molecule has 1 aromatic rings. The van der Waals surface area contributed by atoms with E-state index in [0.29, 0.717) is 19.8 Å². The molecule has 114 valence electrons. The summed E-state index contributed by atoms with van der Waals surface area (Å²) in [6, 6.07) is 7.84. The lowest BCUT2D eigenvalue weighted by Crippen LogP contribution is -2.33. The molecule has 0 radical (unpaired) electrons. The topological polar surface area (TPSA) is 36.9 Å². The summed E-state index contributed by atoms with van der Waals surface area (Å²) in [4.78, 5) is 0. The van der Waals surface area contributed by atoms with Crippen LogP contribution in [0.3, 0.4) is 0 Å². The van der Waals surface area contributed by atoms with Gasteiger partial charge in [-0.1, -0.05) is 36.4 Å². The van der Waals surface area contributed by atoms with E-state index in [9.17, 15) is 0 Å². The Bertz CT molecular complexity index is 456. The summed E-state index contributed by atoms with van der Waals surface area (Å²) < 4.78 is 22.2. The van der Waals surface area contributed by atoms with Crippen molar-refractivity contribution in [3.63, 3.8) is 0 Å². The summed E-state index contributed by atoms with van der Waals surface area (Å²) >= 11 is 0. The highest BCUT2D eigenvalue weighted by Crippen LogP contribution is 2.24. The van der Waals surface area contributed by atoms with Crippen LogP contribution in [-0.4, -0.2) is 33.2 Å². The largest absolute Gasteiger partial charge is 0.497 e. The number of hydrogen-bond acceptors (Lipinski definition) is 4. The molecular formula is C17H22O4. The molecule has 0 unspecified atom stereocenters. The first-order valence-corrected chi connectivity index (χ1v) is 7.10. The van der Waals surface area contributed by atoms with Crippen LogP contribution >= 0.6 is 0 Å². The van der Waals surface area contributed by atoms with E-state index in [1.165, 1.54) is 0 Å². The number of ether oxygens (including phenoxy) is 4. The first-order chi connectivity index (χ1) is 10.3. The summed E-state index contributed by atoms with van der Waals surface area (Å²) in [6.45, 7) is 3.43. The van der Waals surface area contributed by atoms with Crippen LogP contribution in [-0.2, 0) is 14.2 Å². The standard InChI is InChI=1S/C17H22O4/c1-3-4-5-6-11-19-17-13-20-16(12-21-17)14-7-9-15(18-2)10-8-14/h3-10,16-17H,11-13H2,1-2H3/b4-3+,6-5+/t16-,17+/m1/s1. The molecule has 0 aromatic heterocycles. The first kappa shape index (κ1) is 15.8. The number of benzene rings is 1. The predicted octanol–water partition coefficient (Wildman–Crippen LogP) is 3.26. The Morgan fingerprint density at radius 3 is 2.57 bits per heavy atom. The number of rotatable bonds is 6. The van der Waals surface area contributed by atoms with Crippen LogP contribution in [0.1, 0.15) is 18.6 Å². The van der Waals surface area contributed by atoms with Gasteiger partial charge < -0.3 is 18.9 Å². The summed E-state index contributed by atoms with van der Waals surface area (Å²) in [6.07, 6.45) is 7.48. The van der Waals surface area contributed by atoms with Crippen molar-refractivity contribution >= 4 is 0 Å². The Labute approximate surface area is 126 Å². The summed E-state index contributed by atoms with van der Waals surface area (Å²) in [5.41, 5.74) is 1.09. The highest BCUT2D eigenvalue weighted by atomic mass is 16.7. The average molecular weight is 290 g/mol. The van der Waals surface area contributed by atoms with Gasteiger partial charge in [0.25, 0.3) is 0 Å². The average Bonchev–Trinajstić information content (AvgIpc) is 2.55. The molecule has 1 aromatic carbocycles. The molecule has 1 aliphatic heterocycles. The van der Waals surface area contributed by atoms with Crippen LogP contribution in [0, 0.1) is 0 Å². The summed E-state index contributed by atoms with van der Waals surface area (Å²) in [7, 11) is 1.65. The van der Waals surface area contributed by atoms with Crippen molar-refractivity contribution in [2.75, 3.05) is 26.9 Å². The van der Waals surface area contributed by atoms with Crippen LogP contribution in [0.5, 0.6) is 5.75 Å². The van der Waals surface area contributed by atoms with Gasteiger partial charge in [-0.3, -0.25) is 0 Å². The van der Waals surface area contributed by atoms with E-state index in [0.717, 1.165) is 11.3 Å². The van der Waals surface area contributed by atoms with Gasteiger partial charge in [0.2, 0.25) is 0 Å². The maximum absolute atomic E-state index is 5.80. The van der Waals surface area contributed by atoms with Gasteiger partial charge in [0.05, 0.1) is 26.9 Å². The number of methoxy groups -OCH3 is 1. The predicted molar refractivity (Wildman–Crippen MR) is 81.3 cm³/mol. The van der Waals surface area contributed by atoms with Crippen molar-refractivity contribution < 1.29 is 18.9 Å². The van der Waals surface area contributed by atoms with E-state index in [1.54, 1.807) is 7.11 Å². The van der Waals surface area contributed by atoms with Crippen LogP contribution in [0.4, 0.5) is 0 Å². The zero-order chi connectivity index (χ0) is 14.9. The molecule has 2 rings (SSSR count). The Balaban J connectivity index is 1.74. The maximum atomic E-state index is 5.80. The fourth-order valence-electron chi connectivity index (χ4n) is 2.00. The van der Waals surface area contributed by atoms with Crippen molar-refractivity contribution in [1.29, 1.82) is 0 Å². The molecule has 1 fully saturated rings. The van der Waals surface area contributed by atoms with Crippen LogP contribution < -0.4 is 4.74 Å². The lowest BCUT2D eigenvalue weighted by atomic mass is 10.1. The molecular weight excluding hydrogens is 268 g/mol. The third-order valence-corrected chi connectivity index (χ3v) is 3.17. The molecule has 2 atom stereocenters. The molecule has 0 saturated carbocycles. The summed E-state index contributed by atoms with van der Waals surface area (Å²) in [5.74, 6) is 0.838. The van der Waals surface area contributed by atoms with Gasteiger partial charge in [0, 0.05) is 0 Å². The Morgan fingerprint density at radius 1 is 1.14 bits per heavy atom. The molecule has 0 N–H and O–H groups in total. The zero-order valence-corrected chi connectivity index (χ0v) is 12.5. The molecule has 0 amide bonds. The highest BCUT2D eigenvalue weighted by molar-refractivity contribution is 5.28. The molecule has 1 aliphatic rings. The van der Waals surface area contributed by atoms with E-state index in [4.69, 9.17) is 18.9 Å². The fourth-order valence-corrected chi connectivity index (χ4v) is 2.00. The monoisotopic (exact) mass is 290 g/mol. The number of hydrogen-bond donors (Lipinski definition) is 0. The molecule has 0 spiro atoms. The van der Waals surface area contributed by atoms with Gasteiger partial charge in [-0.2, -0.15) is 0 Å². The SMILES string of the molecule is C/C=C/C=C/CO[C@@H]1CO[C@@H](c2ccc(OC)cc2)CO1. The van der Waals surface area contributed by atoms with E-state index >= 15 is 0 Å². The normalized spacial score (nSPS) is 23.0. The Kier molecular flexibility index (Phi) is 6.47. The van der Waals surface area contributed by atoms with E-state index < -0.39 is 0 Å².